The van der Waals surface area contributed by atoms with Gasteiger partial charge in [-0.15, -0.1) is 0 Å². The number of ketones is 2. The minimum Gasteiger partial charge on any atom is -0.391 e. The predicted octanol–water partition coefficient (Wildman–Crippen LogP) is 0.584. The van der Waals surface area contributed by atoms with Gasteiger partial charge in [-0.05, 0) is 36.2 Å². The van der Waals surface area contributed by atoms with Crippen LogP contribution in [0.4, 0.5) is 0 Å². The fourth-order valence-electron chi connectivity index (χ4n) is 7.63. The van der Waals surface area contributed by atoms with Gasteiger partial charge in [0, 0.05) is 18.3 Å². The van der Waals surface area contributed by atoms with E-state index >= 15 is 0 Å². The maximum Gasteiger partial charge on any atom is 0.208 e. The molecule has 6 fully saturated rings. The van der Waals surface area contributed by atoms with Gasteiger partial charge in [0.2, 0.25) is 5.79 Å². The van der Waals surface area contributed by atoms with E-state index in [2.05, 4.69) is 6.58 Å². The van der Waals surface area contributed by atoms with Crippen LogP contribution in [0.5, 0.6) is 0 Å². The van der Waals surface area contributed by atoms with Crippen LogP contribution in [0.3, 0.4) is 0 Å². The van der Waals surface area contributed by atoms with Crippen molar-refractivity contribution in [3.8, 4) is 0 Å². The van der Waals surface area contributed by atoms with Crippen molar-refractivity contribution >= 4 is 11.6 Å². The molecule has 2 heterocycles. The van der Waals surface area contributed by atoms with Crippen molar-refractivity contribution < 1.29 is 29.6 Å². The molecule has 2 saturated heterocycles. The predicted molar refractivity (Wildman–Crippen MR) is 89.7 cm³/mol. The van der Waals surface area contributed by atoms with Crippen LogP contribution in [0.1, 0.15) is 39.5 Å². The van der Waals surface area contributed by atoms with Crippen molar-refractivity contribution in [2.75, 3.05) is 6.61 Å². The minimum absolute atomic E-state index is 0.00293. The average molecular weight is 362 g/mol. The van der Waals surface area contributed by atoms with Gasteiger partial charge in [0.15, 0.2) is 5.78 Å². The lowest BCUT2D eigenvalue weighted by molar-refractivity contribution is -0.437. The molecule has 2 spiro atoms. The van der Waals surface area contributed by atoms with E-state index < -0.39 is 52.4 Å². The smallest absolute Gasteiger partial charge is 0.208 e. The van der Waals surface area contributed by atoms with Gasteiger partial charge in [0.25, 0.3) is 0 Å². The van der Waals surface area contributed by atoms with E-state index in [0.717, 1.165) is 0 Å². The van der Waals surface area contributed by atoms with Crippen molar-refractivity contribution in [2.24, 2.45) is 34.0 Å². The van der Waals surface area contributed by atoms with Crippen molar-refractivity contribution in [3.05, 3.63) is 12.2 Å². The first-order chi connectivity index (χ1) is 12.1. The number of ether oxygens (including phenoxy) is 1. The summed E-state index contributed by atoms with van der Waals surface area (Å²) in [6, 6.07) is 0. The summed E-state index contributed by atoms with van der Waals surface area (Å²) in [7, 11) is 0. The number of Topliss-reactive ketones (excluding diaryl/α,β-unsaturated/α-hetero) is 2. The number of hydrogen-bond donors (Lipinski definition) is 3. The quantitative estimate of drug-likeness (QED) is 0.545. The Morgan fingerprint density at radius 3 is 2.54 bits per heavy atom. The van der Waals surface area contributed by atoms with E-state index in [1.807, 2.05) is 13.8 Å². The van der Waals surface area contributed by atoms with Gasteiger partial charge < -0.3 is 20.1 Å². The van der Waals surface area contributed by atoms with Crippen LogP contribution in [-0.4, -0.2) is 51.5 Å². The molecule has 6 aliphatic rings. The lowest BCUT2D eigenvalue weighted by Gasteiger charge is -2.72. The topological polar surface area (TPSA) is 104 Å². The summed E-state index contributed by atoms with van der Waals surface area (Å²) in [6.45, 7) is 7.86. The molecule has 3 N–H and O–H groups in total. The van der Waals surface area contributed by atoms with Crippen molar-refractivity contribution in [3.63, 3.8) is 0 Å². The molecule has 0 aromatic heterocycles. The molecule has 2 aliphatic heterocycles. The number of carbonyl (C=O) groups is 2. The molecule has 6 rings (SSSR count). The second-order valence-corrected chi connectivity index (χ2v) is 9.76. The summed E-state index contributed by atoms with van der Waals surface area (Å²) >= 11 is 0. The lowest BCUT2D eigenvalue weighted by Crippen LogP contribution is -2.85. The Labute approximate surface area is 152 Å². The van der Waals surface area contributed by atoms with E-state index in [1.54, 1.807) is 0 Å². The van der Waals surface area contributed by atoms with Crippen LogP contribution in [0.2, 0.25) is 0 Å². The summed E-state index contributed by atoms with van der Waals surface area (Å²) in [4.78, 5) is 26.6. The zero-order chi connectivity index (χ0) is 18.9. The Bertz CT molecular complexity index is 757. The van der Waals surface area contributed by atoms with Crippen molar-refractivity contribution in [1.29, 1.82) is 0 Å². The monoisotopic (exact) mass is 362 g/mol. The van der Waals surface area contributed by atoms with Gasteiger partial charge >= 0.3 is 0 Å². The molecule has 0 amide bonds. The van der Waals surface area contributed by atoms with E-state index in [1.165, 1.54) is 0 Å². The number of fused-ring (bicyclic) bond motifs is 2. The largest absolute Gasteiger partial charge is 0.391 e. The second kappa shape index (κ2) is 4.49. The second-order valence-electron chi connectivity index (χ2n) is 9.76. The normalized spacial score (nSPS) is 57.1. The Morgan fingerprint density at radius 2 is 1.85 bits per heavy atom. The summed E-state index contributed by atoms with van der Waals surface area (Å²) in [5.74, 6) is -4.12. The van der Waals surface area contributed by atoms with E-state index in [9.17, 15) is 24.9 Å². The Morgan fingerprint density at radius 1 is 1.15 bits per heavy atom. The first-order valence-electron chi connectivity index (χ1n) is 9.56. The maximum atomic E-state index is 13.3. The van der Waals surface area contributed by atoms with Crippen LogP contribution >= 0.6 is 0 Å². The third-order valence-corrected chi connectivity index (χ3v) is 8.65. The van der Waals surface area contributed by atoms with Gasteiger partial charge in [-0.2, -0.15) is 0 Å². The number of aliphatic hydroxyl groups excluding tert-OH is 2. The SMILES string of the molecule is C=C1C(=O)C23[C@H](O)C1CC[C@H]2C12CO[C@]3(O)[C@@H](O)[C@@H]1C(C)(C)CCC2=O. The van der Waals surface area contributed by atoms with Gasteiger partial charge in [0.05, 0.1) is 18.1 Å². The molecule has 8 atom stereocenters. The Kier molecular flexibility index (Phi) is 2.94. The standard InChI is InChI=1S/C20H26O6/c1-9-10-4-5-11-18-8-26-20(25,19(11,14(9)22)15(10)23)16(24)13(18)17(2,3)7-6-12(18)21/h10-11,13,15-16,23-25H,1,4-8H2,2-3H3/t10?,11-,13+,15+,16-,18?,19?,20+/m0/s1. The molecule has 0 radical (unpaired) electrons. The highest BCUT2D eigenvalue weighted by molar-refractivity contribution is 6.06. The van der Waals surface area contributed by atoms with Crippen LogP contribution in [0, 0.1) is 34.0 Å². The van der Waals surface area contributed by atoms with Crippen LogP contribution in [-0.2, 0) is 14.3 Å². The van der Waals surface area contributed by atoms with E-state index in [-0.39, 0.29) is 23.4 Å². The zero-order valence-electron chi connectivity index (χ0n) is 15.2. The lowest BCUT2D eigenvalue weighted by atomic mass is 9.36. The molecule has 26 heavy (non-hydrogen) atoms. The fraction of sp³-hybridized carbons (Fsp3) is 0.800. The molecule has 0 aromatic rings. The highest BCUT2D eigenvalue weighted by Gasteiger charge is 2.87. The molecule has 4 saturated carbocycles. The molecule has 6 nitrogen and oxygen atoms in total. The number of rotatable bonds is 0. The summed E-state index contributed by atoms with van der Waals surface area (Å²) in [5, 5.41) is 33.9. The van der Waals surface area contributed by atoms with Crippen molar-refractivity contribution in [1.82, 2.24) is 0 Å². The van der Waals surface area contributed by atoms with Crippen LogP contribution < -0.4 is 0 Å². The first kappa shape index (κ1) is 17.0. The third-order valence-electron chi connectivity index (χ3n) is 8.65. The average Bonchev–Trinajstić information content (AvgIpc) is 2.69. The molecule has 142 valence electrons. The zero-order valence-corrected chi connectivity index (χ0v) is 15.2. The molecule has 4 bridgehead atoms. The number of aliphatic hydroxyl groups is 3. The molecule has 4 aliphatic carbocycles. The van der Waals surface area contributed by atoms with Crippen molar-refractivity contribution in [2.45, 2.75) is 57.5 Å². The molecule has 3 unspecified atom stereocenters. The minimum atomic E-state index is -2.19. The van der Waals surface area contributed by atoms with Gasteiger partial charge in [-0.3, -0.25) is 9.59 Å². The molecular formula is C20H26O6. The van der Waals surface area contributed by atoms with Crippen LogP contribution in [0.15, 0.2) is 12.2 Å². The van der Waals surface area contributed by atoms with Crippen LogP contribution in [0.25, 0.3) is 0 Å². The summed E-state index contributed by atoms with van der Waals surface area (Å²) in [5.41, 5.74) is -2.83. The highest BCUT2D eigenvalue weighted by atomic mass is 16.6. The van der Waals surface area contributed by atoms with Gasteiger partial charge in [-0.1, -0.05) is 20.4 Å². The summed E-state index contributed by atoms with van der Waals surface area (Å²) < 4.78 is 5.74. The maximum absolute atomic E-state index is 13.3. The molecular weight excluding hydrogens is 336 g/mol. The molecule has 0 aromatic carbocycles. The number of hydrogen-bond acceptors (Lipinski definition) is 6. The fourth-order valence-corrected chi connectivity index (χ4v) is 7.63. The third kappa shape index (κ3) is 1.36. The molecule has 6 heteroatoms. The first-order valence-corrected chi connectivity index (χ1v) is 9.56. The summed E-state index contributed by atoms with van der Waals surface area (Å²) in [6.07, 6.45) is -0.502. The van der Waals surface area contributed by atoms with Gasteiger partial charge in [0.1, 0.15) is 17.3 Å². The Hall–Kier alpha value is -1.08. The van der Waals surface area contributed by atoms with E-state index in [0.29, 0.717) is 25.7 Å². The number of carbonyl (C=O) groups excluding carboxylic acids is 2. The highest BCUT2D eigenvalue weighted by Crippen LogP contribution is 2.75. The van der Waals surface area contributed by atoms with Gasteiger partial charge in [-0.25, -0.2) is 0 Å². The van der Waals surface area contributed by atoms with E-state index in [4.69, 9.17) is 4.74 Å². The Balaban J connectivity index is 1.83.